The third-order valence-corrected chi connectivity index (χ3v) is 2.84. The normalized spacial score (nSPS) is 12.4. The molecule has 0 aromatic heterocycles. The van der Waals surface area contributed by atoms with E-state index in [2.05, 4.69) is 0 Å². The van der Waals surface area contributed by atoms with E-state index in [-0.39, 0.29) is 18.3 Å². The lowest BCUT2D eigenvalue weighted by Gasteiger charge is -2.11. The second-order valence-electron chi connectivity index (χ2n) is 3.91. The summed E-state index contributed by atoms with van der Waals surface area (Å²) in [5.74, 6) is -12.4. The van der Waals surface area contributed by atoms with Crippen LogP contribution in [0.15, 0.2) is 0 Å². The van der Waals surface area contributed by atoms with E-state index in [9.17, 15) is 26.7 Å². The number of hydrogen-bond acceptors (Lipinski definition) is 1. The average Bonchev–Trinajstić information content (AvgIpc) is 2.40. The number of carbonyl (C=O) groups is 1. The van der Waals surface area contributed by atoms with Crippen LogP contribution in [0.3, 0.4) is 0 Å². The summed E-state index contributed by atoms with van der Waals surface area (Å²) in [5, 5.41) is 2.05. The highest BCUT2D eigenvalue weighted by molar-refractivity contribution is 6.18. The van der Waals surface area contributed by atoms with Crippen LogP contribution in [0.2, 0.25) is 0 Å². The Kier molecular flexibility index (Phi) is 5.11. The summed E-state index contributed by atoms with van der Waals surface area (Å²) in [6.07, 6.45) is 0. The van der Waals surface area contributed by atoms with Crippen molar-refractivity contribution in [2.45, 2.75) is 6.92 Å². The standard InChI is InChI=1S/C11H9ClF5NO/c1-4(2-12)3-18-11(19)5-6(13)8(15)10(17)9(16)7(5)14/h4H,2-3H2,1H3,(H,18,19). The maximum Gasteiger partial charge on any atom is 0.257 e. The first-order valence-corrected chi connectivity index (χ1v) is 5.70. The van der Waals surface area contributed by atoms with Gasteiger partial charge in [-0.3, -0.25) is 4.79 Å². The molecule has 0 aliphatic carbocycles. The van der Waals surface area contributed by atoms with Crippen molar-refractivity contribution in [3.63, 3.8) is 0 Å². The predicted molar refractivity (Wildman–Crippen MR) is 58.4 cm³/mol. The average molecular weight is 302 g/mol. The Hall–Kier alpha value is -1.37. The fourth-order valence-electron chi connectivity index (χ4n) is 1.21. The van der Waals surface area contributed by atoms with Crippen LogP contribution in [0.5, 0.6) is 0 Å². The molecule has 0 saturated carbocycles. The summed E-state index contributed by atoms with van der Waals surface area (Å²) < 4.78 is 65.0. The molecule has 1 unspecified atom stereocenters. The lowest BCUT2D eigenvalue weighted by Crippen LogP contribution is -2.31. The second kappa shape index (κ2) is 6.18. The Morgan fingerprint density at radius 2 is 1.47 bits per heavy atom. The quantitative estimate of drug-likeness (QED) is 0.394. The molecule has 0 bridgehead atoms. The monoisotopic (exact) mass is 301 g/mol. The van der Waals surface area contributed by atoms with E-state index < -0.39 is 40.6 Å². The molecule has 0 radical (unpaired) electrons. The van der Waals surface area contributed by atoms with Gasteiger partial charge in [0.15, 0.2) is 23.3 Å². The maximum atomic E-state index is 13.3. The molecule has 0 spiro atoms. The first kappa shape index (κ1) is 15.7. The van der Waals surface area contributed by atoms with Gasteiger partial charge in [-0.05, 0) is 5.92 Å². The van der Waals surface area contributed by atoms with Crippen molar-refractivity contribution in [2.75, 3.05) is 12.4 Å². The largest absolute Gasteiger partial charge is 0.352 e. The number of benzene rings is 1. The molecule has 1 aromatic rings. The Bertz CT molecular complexity index is 479. The molecule has 0 saturated heterocycles. The van der Waals surface area contributed by atoms with Crippen LogP contribution in [0, 0.1) is 35.0 Å². The molecule has 106 valence electrons. The van der Waals surface area contributed by atoms with Gasteiger partial charge in [0.2, 0.25) is 5.82 Å². The molecule has 1 aromatic carbocycles. The summed E-state index contributed by atoms with van der Waals surface area (Å²) >= 11 is 5.45. The number of hydrogen-bond donors (Lipinski definition) is 1. The van der Waals surface area contributed by atoms with Crippen LogP contribution >= 0.6 is 11.6 Å². The molecule has 0 fully saturated rings. The minimum atomic E-state index is -2.30. The summed E-state index contributed by atoms with van der Waals surface area (Å²) in [4.78, 5) is 11.4. The van der Waals surface area contributed by atoms with Gasteiger partial charge < -0.3 is 5.32 Å². The number of carbonyl (C=O) groups excluding carboxylic acids is 1. The Balaban J connectivity index is 3.10. The molecule has 0 heterocycles. The van der Waals surface area contributed by atoms with Gasteiger partial charge in [-0.2, -0.15) is 0 Å². The highest BCUT2D eigenvalue weighted by atomic mass is 35.5. The van der Waals surface area contributed by atoms with Gasteiger partial charge in [0, 0.05) is 12.4 Å². The SMILES string of the molecule is CC(CCl)CNC(=O)c1c(F)c(F)c(F)c(F)c1F. The van der Waals surface area contributed by atoms with Crippen molar-refractivity contribution in [3.8, 4) is 0 Å². The maximum absolute atomic E-state index is 13.3. The van der Waals surface area contributed by atoms with Gasteiger partial charge in [0.25, 0.3) is 5.91 Å². The van der Waals surface area contributed by atoms with Gasteiger partial charge in [-0.25, -0.2) is 22.0 Å². The Labute approximate surface area is 110 Å². The van der Waals surface area contributed by atoms with Crippen LogP contribution in [0.1, 0.15) is 17.3 Å². The molecule has 2 nitrogen and oxygen atoms in total. The Morgan fingerprint density at radius 1 is 1.05 bits per heavy atom. The fourth-order valence-corrected chi connectivity index (χ4v) is 1.32. The molecule has 8 heteroatoms. The van der Waals surface area contributed by atoms with E-state index in [1.165, 1.54) is 0 Å². The zero-order valence-corrected chi connectivity index (χ0v) is 10.4. The highest BCUT2D eigenvalue weighted by Gasteiger charge is 2.29. The van der Waals surface area contributed by atoms with Crippen molar-refractivity contribution < 1.29 is 26.7 Å². The predicted octanol–water partition coefficient (Wildman–Crippen LogP) is 2.99. The van der Waals surface area contributed by atoms with Crippen LogP contribution in [0.4, 0.5) is 22.0 Å². The molecule has 1 amide bonds. The van der Waals surface area contributed by atoms with Crippen molar-refractivity contribution in [1.29, 1.82) is 0 Å². The minimum absolute atomic E-state index is 0.0537. The summed E-state index contributed by atoms with van der Waals surface area (Å²) in [6.45, 7) is 1.58. The molecular weight excluding hydrogens is 293 g/mol. The summed E-state index contributed by atoms with van der Waals surface area (Å²) in [7, 11) is 0. The van der Waals surface area contributed by atoms with E-state index in [0.29, 0.717) is 0 Å². The van der Waals surface area contributed by atoms with Crippen molar-refractivity contribution in [1.82, 2.24) is 5.32 Å². The molecular formula is C11H9ClF5NO. The van der Waals surface area contributed by atoms with Crippen LogP contribution in [-0.4, -0.2) is 18.3 Å². The van der Waals surface area contributed by atoms with Gasteiger partial charge in [0.1, 0.15) is 5.56 Å². The van der Waals surface area contributed by atoms with Crippen molar-refractivity contribution >= 4 is 17.5 Å². The van der Waals surface area contributed by atoms with E-state index in [1.807, 2.05) is 5.32 Å². The smallest absolute Gasteiger partial charge is 0.257 e. The van der Waals surface area contributed by atoms with E-state index in [4.69, 9.17) is 11.6 Å². The van der Waals surface area contributed by atoms with Gasteiger partial charge in [-0.1, -0.05) is 6.92 Å². The molecule has 0 aliphatic heterocycles. The summed E-state index contributed by atoms with van der Waals surface area (Å²) in [5.41, 5.74) is -1.50. The summed E-state index contributed by atoms with van der Waals surface area (Å²) in [6, 6.07) is 0. The van der Waals surface area contributed by atoms with Crippen LogP contribution in [0.25, 0.3) is 0 Å². The first-order chi connectivity index (χ1) is 8.81. The topological polar surface area (TPSA) is 29.1 Å². The zero-order valence-electron chi connectivity index (χ0n) is 9.67. The number of nitrogens with one attached hydrogen (secondary N) is 1. The van der Waals surface area contributed by atoms with Gasteiger partial charge in [-0.15, -0.1) is 11.6 Å². The number of halogens is 6. The van der Waals surface area contributed by atoms with E-state index in [0.717, 1.165) is 0 Å². The minimum Gasteiger partial charge on any atom is -0.352 e. The van der Waals surface area contributed by atoms with Crippen LogP contribution < -0.4 is 5.32 Å². The van der Waals surface area contributed by atoms with Crippen LogP contribution in [-0.2, 0) is 0 Å². The molecule has 1 atom stereocenters. The zero-order chi connectivity index (χ0) is 14.7. The van der Waals surface area contributed by atoms with Crippen molar-refractivity contribution in [3.05, 3.63) is 34.6 Å². The van der Waals surface area contributed by atoms with E-state index in [1.54, 1.807) is 6.92 Å². The lowest BCUT2D eigenvalue weighted by molar-refractivity contribution is 0.0937. The van der Waals surface area contributed by atoms with Gasteiger partial charge in [0.05, 0.1) is 0 Å². The molecule has 1 N–H and O–H groups in total. The highest BCUT2D eigenvalue weighted by Crippen LogP contribution is 2.22. The van der Waals surface area contributed by atoms with E-state index >= 15 is 0 Å². The number of alkyl halides is 1. The molecule has 0 aliphatic rings. The third-order valence-electron chi connectivity index (χ3n) is 2.31. The molecule has 19 heavy (non-hydrogen) atoms. The third kappa shape index (κ3) is 3.15. The van der Waals surface area contributed by atoms with Gasteiger partial charge >= 0.3 is 0 Å². The second-order valence-corrected chi connectivity index (χ2v) is 4.22. The number of rotatable bonds is 4. The molecule has 1 rings (SSSR count). The number of amides is 1. The van der Waals surface area contributed by atoms with Crippen molar-refractivity contribution in [2.24, 2.45) is 5.92 Å². The Morgan fingerprint density at radius 3 is 1.89 bits per heavy atom. The lowest BCUT2D eigenvalue weighted by atomic mass is 10.1. The first-order valence-electron chi connectivity index (χ1n) is 5.16. The fraction of sp³-hybridized carbons (Fsp3) is 0.364.